The number of aliphatic carboxylic acids is 1. The number of carbonyl (C=O) groups is 2. The lowest BCUT2D eigenvalue weighted by molar-refractivity contribution is -0.183. The van der Waals surface area contributed by atoms with Crippen LogP contribution in [0.5, 0.6) is 0 Å². The van der Waals surface area contributed by atoms with E-state index in [1.807, 2.05) is 13.8 Å². The highest BCUT2D eigenvalue weighted by Crippen LogP contribution is 2.51. The van der Waals surface area contributed by atoms with Crippen molar-refractivity contribution in [2.45, 2.75) is 72.3 Å². The molecule has 0 bridgehead atoms. The molecule has 4 nitrogen and oxygen atoms in total. The number of rotatable bonds is 5. The molecule has 0 spiro atoms. The number of hydrogen-bond donors (Lipinski definition) is 1. The lowest BCUT2D eigenvalue weighted by Crippen LogP contribution is -2.52. The SMILES string of the molecule is CCC(CC)OC(=O)C1(C)CCCCC1(C)C(=O)O. The second-order valence-corrected chi connectivity index (χ2v) is 6.02. The van der Waals surface area contributed by atoms with Crippen LogP contribution in [0.15, 0.2) is 0 Å². The van der Waals surface area contributed by atoms with Crippen molar-refractivity contribution in [3.63, 3.8) is 0 Å². The highest BCUT2D eigenvalue weighted by molar-refractivity contribution is 5.87. The van der Waals surface area contributed by atoms with Gasteiger partial charge in [-0.3, -0.25) is 9.59 Å². The second-order valence-electron chi connectivity index (χ2n) is 6.02. The summed E-state index contributed by atoms with van der Waals surface area (Å²) in [5, 5.41) is 9.52. The summed E-state index contributed by atoms with van der Waals surface area (Å²) in [7, 11) is 0. The van der Waals surface area contributed by atoms with Crippen molar-refractivity contribution in [1.29, 1.82) is 0 Å². The fraction of sp³-hybridized carbons (Fsp3) is 0.867. The van der Waals surface area contributed by atoms with Gasteiger partial charge in [-0.2, -0.15) is 0 Å². The lowest BCUT2D eigenvalue weighted by Gasteiger charge is -2.45. The Hall–Kier alpha value is -1.06. The minimum absolute atomic E-state index is 0.107. The van der Waals surface area contributed by atoms with E-state index in [0.717, 1.165) is 25.7 Å². The molecule has 0 saturated heterocycles. The fourth-order valence-corrected chi connectivity index (χ4v) is 2.92. The summed E-state index contributed by atoms with van der Waals surface area (Å²) < 4.78 is 5.53. The molecule has 0 aromatic carbocycles. The van der Waals surface area contributed by atoms with Crippen molar-refractivity contribution in [2.24, 2.45) is 10.8 Å². The molecule has 1 rings (SSSR count). The van der Waals surface area contributed by atoms with Gasteiger partial charge in [-0.1, -0.05) is 26.7 Å². The van der Waals surface area contributed by atoms with E-state index in [9.17, 15) is 14.7 Å². The molecule has 1 saturated carbocycles. The maximum absolute atomic E-state index is 12.5. The van der Waals surface area contributed by atoms with Crippen LogP contribution in [0.25, 0.3) is 0 Å². The third kappa shape index (κ3) is 2.77. The molecule has 1 fully saturated rings. The molecule has 0 aromatic rings. The quantitative estimate of drug-likeness (QED) is 0.778. The van der Waals surface area contributed by atoms with Gasteiger partial charge in [-0.05, 0) is 39.5 Å². The highest BCUT2D eigenvalue weighted by atomic mass is 16.5. The molecule has 0 aliphatic heterocycles. The summed E-state index contributed by atoms with van der Waals surface area (Å²) in [6, 6.07) is 0. The van der Waals surface area contributed by atoms with E-state index < -0.39 is 16.8 Å². The molecule has 1 aliphatic rings. The zero-order valence-corrected chi connectivity index (χ0v) is 12.5. The number of carboxylic acids is 1. The normalized spacial score (nSPS) is 31.2. The minimum atomic E-state index is -1.02. The van der Waals surface area contributed by atoms with Crippen LogP contribution in [0.1, 0.15) is 66.2 Å². The van der Waals surface area contributed by atoms with E-state index in [1.165, 1.54) is 0 Å². The van der Waals surface area contributed by atoms with Crippen LogP contribution in [0.2, 0.25) is 0 Å². The van der Waals surface area contributed by atoms with Crippen LogP contribution in [0, 0.1) is 10.8 Å². The van der Waals surface area contributed by atoms with Crippen molar-refractivity contribution in [3.8, 4) is 0 Å². The first-order valence-corrected chi connectivity index (χ1v) is 7.26. The lowest BCUT2D eigenvalue weighted by atomic mass is 9.57. The fourth-order valence-electron chi connectivity index (χ4n) is 2.92. The topological polar surface area (TPSA) is 63.6 Å². The van der Waals surface area contributed by atoms with Gasteiger partial charge in [-0.15, -0.1) is 0 Å². The van der Waals surface area contributed by atoms with E-state index in [0.29, 0.717) is 12.8 Å². The van der Waals surface area contributed by atoms with Crippen molar-refractivity contribution in [1.82, 2.24) is 0 Å². The van der Waals surface area contributed by atoms with Crippen molar-refractivity contribution in [3.05, 3.63) is 0 Å². The summed E-state index contributed by atoms with van der Waals surface area (Å²) in [6.45, 7) is 7.38. The predicted octanol–water partition coefficient (Wildman–Crippen LogP) is 3.39. The zero-order chi connectivity index (χ0) is 14.7. The van der Waals surface area contributed by atoms with E-state index in [-0.39, 0.29) is 12.1 Å². The van der Waals surface area contributed by atoms with Crippen molar-refractivity contribution >= 4 is 11.9 Å². The molecule has 2 unspecified atom stereocenters. The number of hydrogen-bond acceptors (Lipinski definition) is 3. The summed E-state index contributed by atoms with van der Waals surface area (Å²) >= 11 is 0. The second kappa shape index (κ2) is 5.93. The van der Waals surface area contributed by atoms with Gasteiger partial charge in [0.05, 0.1) is 10.8 Å². The summed E-state index contributed by atoms with van der Waals surface area (Å²) in [5.41, 5.74) is -1.94. The van der Waals surface area contributed by atoms with Crippen LogP contribution >= 0.6 is 0 Å². The largest absolute Gasteiger partial charge is 0.481 e. The van der Waals surface area contributed by atoms with Gasteiger partial charge in [0, 0.05) is 0 Å². The van der Waals surface area contributed by atoms with E-state index in [4.69, 9.17) is 4.74 Å². The average Bonchev–Trinajstić information content (AvgIpc) is 2.38. The van der Waals surface area contributed by atoms with E-state index in [2.05, 4.69) is 0 Å². The first-order chi connectivity index (χ1) is 8.81. The number of ether oxygens (including phenoxy) is 1. The van der Waals surface area contributed by atoms with Crippen LogP contribution in [-0.4, -0.2) is 23.1 Å². The van der Waals surface area contributed by atoms with Gasteiger partial charge in [0.2, 0.25) is 0 Å². The van der Waals surface area contributed by atoms with E-state index >= 15 is 0 Å². The van der Waals surface area contributed by atoms with Crippen LogP contribution < -0.4 is 0 Å². The number of carbonyl (C=O) groups excluding carboxylic acids is 1. The Morgan fingerprint density at radius 2 is 1.58 bits per heavy atom. The highest BCUT2D eigenvalue weighted by Gasteiger charge is 2.57. The molecule has 0 radical (unpaired) electrons. The Morgan fingerprint density at radius 1 is 1.11 bits per heavy atom. The molecule has 19 heavy (non-hydrogen) atoms. The minimum Gasteiger partial charge on any atom is -0.481 e. The Bertz CT molecular complexity index is 348. The maximum atomic E-state index is 12.5. The van der Waals surface area contributed by atoms with Gasteiger partial charge < -0.3 is 9.84 Å². The standard InChI is InChI=1S/C15H26O4/c1-5-11(6-2)19-13(18)15(4)10-8-7-9-14(15,3)12(16)17/h11H,5-10H2,1-4H3,(H,16,17). The summed E-state index contributed by atoms with van der Waals surface area (Å²) in [5.74, 6) is -1.23. The molecule has 4 heteroatoms. The van der Waals surface area contributed by atoms with Crippen LogP contribution in [0.4, 0.5) is 0 Å². The number of esters is 1. The Kier molecular flexibility index (Phi) is 4.99. The molecule has 1 aliphatic carbocycles. The van der Waals surface area contributed by atoms with Crippen molar-refractivity contribution in [2.75, 3.05) is 0 Å². The smallest absolute Gasteiger partial charge is 0.313 e. The van der Waals surface area contributed by atoms with E-state index in [1.54, 1.807) is 13.8 Å². The third-order valence-corrected chi connectivity index (χ3v) is 4.93. The van der Waals surface area contributed by atoms with Crippen molar-refractivity contribution < 1.29 is 19.4 Å². The Balaban J connectivity index is 2.98. The molecular formula is C15H26O4. The first kappa shape index (κ1) is 16.0. The molecular weight excluding hydrogens is 244 g/mol. The average molecular weight is 270 g/mol. The van der Waals surface area contributed by atoms with Gasteiger partial charge in [0.1, 0.15) is 6.10 Å². The van der Waals surface area contributed by atoms with Gasteiger partial charge >= 0.3 is 11.9 Å². The third-order valence-electron chi connectivity index (χ3n) is 4.93. The Morgan fingerprint density at radius 3 is 2.00 bits per heavy atom. The molecule has 0 amide bonds. The maximum Gasteiger partial charge on any atom is 0.313 e. The monoisotopic (exact) mass is 270 g/mol. The summed E-state index contributed by atoms with van der Waals surface area (Å²) in [6.07, 6.45) is 4.30. The molecule has 2 atom stereocenters. The van der Waals surface area contributed by atoms with Gasteiger partial charge in [0.15, 0.2) is 0 Å². The summed E-state index contributed by atoms with van der Waals surface area (Å²) in [4.78, 5) is 24.1. The van der Waals surface area contributed by atoms with Gasteiger partial charge in [0.25, 0.3) is 0 Å². The first-order valence-electron chi connectivity index (χ1n) is 7.26. The molecule has 0 aromatic heterocycles. The number of carboxylic acid groups (broad SMARTS) is 1. The van der Waals surface area contributed by atoms with Gasteiger partial charge in [-0.25, -0.2) is 0 Å². The Labute approximate surface area is 115 Å². The molecule has 1 N–H and O–H groups in total. The predicted molar refractivity (Wildman–Crippen MR) is 72.8 cm³/mol. The van der Waals surface area contributed by atoms with Crippen LogP contribution in [0.3, 0.4) is 0 Å². The van der Waals surface area contributed by atoms with Crippen LogP contribution in [-0.2, 0) is 14.3 Å². The zero-order valence-electron chi connectivity index (χ0n) is 12.5. The molecule has 0 heterocycles. The molecule has 110 valence electrons.